The summed E-state index contributed by atoms with van der Waals surface area (Å²) < 4.78 is 33.5. The first-order chi connectivity index (χ1) is 32.5. The predicted molar refractivity (Wildman–Crippen MR) is 256 cm³/mol. The van der Waals surface area contributed by atoms with E-state index in [1.165, 1.54) is 44.9 Å². The zero-order chi connectivity index (χ0) is 48.9. The third kappa shape index (κ3) is 27.1. The Labute approximate surface area is 400 Å². The molecule has 2 rings (SSSR count). The largest absolute Gasteiger partial charge is 0.462 e. The first-order valence-corrected chi connectivity index (χ1v) is 25.1. The maximum absolute atomic E-state index is 13.0. The van der Waals surface area contributed by atoms with Crippen LogP contribution in [0.1, 0.15) is 149 Å². The molecule has 15 heteroatoms. The molecule has 0 aromatic carbocycles. The molecule has 0 aromatic rings. The van der Waals surface area contributed by atoms with Crippen molar-refractivity contribution < 1.29 is 73.8 Å². The van der Waals surface area contributed by atoms with Crippen molar-refractivity contribution in [2.24, 2.45) is 0 Å². The Hall–Kier alpha value is -3.06. The average Bonchev–Trinajstić information content (AvgIpc) is 3.32. The zero-order valence-electron chi connectivity index (χ0n) is 40.4. The normalized spacial score (nSPS) is 26.6. The van der Waals surface area contributed by atoms with Gasteiger partial charge in [-0.3, -0.25) is 9.59 Å². The highest BCUT2D eigenvalue weighted by Gasteiger charge is 2.47. The molecule has 384 valence electrons. The maximum Gasteiger partial charge on any atom is 0.306 e. The topological polar surface area (TPSA) is 231 Å². The van der Waals surface area contributed by atoms with Crippen molar-refractivity contribution in [3.05, 3.63) is 72.9 Å². The van der Waals surface area contributed by atoms with Crippen LogP contribution in [0.15, 0.2) is 72.9 Å². The Bertz CT molecular complexity index is 1440. The van der Waals surface area contributed by atoms with Gasteiger partial charge in [-0.1, -0.05) is 151 Å². The highest BCUT2D eigenvalue weighted by molar-refractivity contribution is 5.70. The predicted octanol–water partition coefficient (Wildman–Crippen LogP) is 6.65. The van der Waals surface area contributed by atoms with Crippen LogP contribution in [0, 0.1) is 0 Å². The molecule has 0 saturated carbocycles. The Balaban J connectivity index is 1.83. The molecule has 2 aliphatic rings. The van der Waals surface area contributed by atoms with Crippen LogP contribution in [-0.2, 0) is 38.0 Å². The van der Waals surface area contributed by atoms with Crippen molar-refractivity contribution in [3.63, 3.8) is 0 Å². The molecule has 0 amide bonds. The van der Waals surface area contributed by atoms with Crippen LogP contribution < -0.4 is 0 Å². The third-order valence-corrected chi connectivity index (χ3v) is 11.5. The van der Waals surface area contributed by atoms with Gasteiger partial charge in [-0.25, -0.2) is 0 Å². The van der Waals surface area contributed by atoms with Gasteiger partial charge in [-0.05, 0) is 57.8 Å². The van der Waals surface area contributed by atoms with Gasteiger partial charge in [0.25, 0.3) is 0 Å². The van der Waals surface area contributed by atoms with Gasteiger partial charge in [0.2, 0.25) is 0 Å². The molecule has 2 fully saturated rings. The van der Waals surface area contributed by atoms with Crippen molar-refractivity contribution in [1.29, 1.82) is 0 Å². The summed E-state index contributed by atoms with van der Waals surface area (Å²) in [6, 6.07) is 0. The molecule has 67 heavy (non-hydrogen) atoms. The molecule has 0 radical (unpaired) electrons. The number of aliphatic hydroxyl groups is 7. The number of hydrogen-bond acceptors (Lipinski definition) is 15. The molecule has 2 aliphatic heterocycles. The molecular formula is C52H86O15. The molecule has 2 heterocycles. The number of aliphatic hydroxyl groups excluding tert-OH is 7. The smallest absolute Gasteiger partial charge is 0.306 e. The summed E-state index contributed by atoms with van der Waals surface area (Å²) in [7, 11) is 0. The van der Waals surface area contributed by atoms with Crippen molar-refractivity contribution in [3.8, 4) is 0 Å². The Kier molecular flexibility index (Phi) is 34.7. The van der Waals surface area contributed by atoms with Crippen molar-refractivity contribution >= 4 is 11.9 Å². The average molecular weight is 951 g/mol. The van der Waals surface area contributed by atoms with Gasteiger partial charge >= 0.3 is 11.9 Å². The quantitative estimate of drug-likeness (QED) is 0.0196. The first-order valence-electron chi connectivity index (χ1n) is 25.1. The molecule has 15 nitrogen and oxygen atoms in total. The van der Waals surface area contributed by atoms with E-state index in [9.17, 15) is 45.3 Å². The number of carbonyl (C=O) groups is 2. The van der Waals surface area contributed by atoms with Gasteiger partial charge in [-0.15, -0.1) is 0 Å². The number of carbonyl (C=O) groups excluding carboxylic acids is 2. The van der Waals surface area contributed by atoms with Gasteiger partial charge in [0.05, 0.1) is 19.8 Å². The fraction of sp³-hybridized carbons (Fsp3) is 0.731. The minimum atomic E-state index is -1.78. The first kappa shape index (κ1) is 60.1. The molecule has 11 atom stereocenters. The highest BCUT2D eigenvalue weighted by atomic mass is 16.7. The summed E-state index contributed by atoms with van der Waals surface area (Å²) in [4.78, 5) is 25.7. The van der Waals surface area contributed by atoms with Crippen LogP contribution in [0.4, 0.5) is 0 Å². The monoisotopic (exact) mass is 951 g/mol. The number of esters is 2. The van der Waals surface area contributed by atoms with Crippen LogP contribution in [0.25, 0.3) is 0 Å². The summed E-state index contributed by atoms with van der Waals surface area (Å²) in [5.41, 5.74) is 0. The van der Waals surface area contributed by atoms with E-state index in [0.717, 1.165) is 64.2 Å². The summed E-state index contributed by atoms with van der Waals surface area (Å²) in [6.45, 7) is 2.36. The molecule has 0 aromatic heterocycles. The molecule has 2 saturated heterocycles. The lowest BCUT2D eigenvalue weighted by atomic mass is 9.98. The van der Waals surface area contributed by atoms with Crippen LogP contribution in [0.5, 0.6) is 0 Å². The van der Waals surface area contributed by atoms with E-state index in [1.54, 1.807) is 0 Å². The summed E-state index contributed by atoms with van der Waals surface area (Å²) in [5, 5.41) is 72.0. The van der Waals surface area contributed by atoms with Crippen LogP contribution in [0.2, 0.25) is 0 Å². The van der Waals surface area contributed by atoms with E-state index in [-0.39, 0.29) is 19.4 Å². The van der Waals surface area contributed by atoms with E-state index in [4.69, 9.17) is 28.4 Å². The molecular weight excluding hydrogens is 865 g/mol. The van der Waals surface area contributed by atoms with Gasteiger partial charge in [0.1, 0.15) is 55.4 Å². The van der Waals surface area contributed by atoms with E-state index < -0.39 is 99.3 Å². The number of hydrogen-bond donors (Lipinski definition) is 7. The van der Waals surface area contributed by atoms with E-state index in [2.05, 4.69) is 50.3 Å². The fourth-order valence-electron chi connectivity index (χ4n) is 7.39. The van der Waals surface area contributed by atoms with Crippen LogP contribution in [0.3, 0.4) is 0 Å². The van der Waals surface area contributed by atoms with E-state index in [1.807, 2.05) is 36.5 Å². The third-order valence-electron chi connectivity index (χ3n) is 11.5. The van der Waals surface area contributed by atoms with Crippen molar-refractivity contribution in [2.45, 2.75) is 216 Å². The second-order valence-corrected chi connectivity index (χ2v) is 17.4. The molecule has 0 aliphatic carbocycles. The van der Waals surface area contributed by atoms with Crippen molar-refractivity contribution in [2.75, 3.05) is 26.4 Å². The summed E-state index contributed by atoms with van der Waals surface area (Å²) in [6.07, 6.45) is 28.0. The lowest BCUT2D eigenvalue weighted by Crippen LogP contribution is -2.61. The number of unbranched alkanes of at least 4 members (excludes halogenated alkanes) is 15. The van der Waals surface area contributed by atoms with Gasteiger partial charge < -0.3 is 64.2 Å². The minimum absolute atomic E-state index is 0.112. The summed E-state index contributed by atoms with van der Waals surface area (Å²) >= 11 is 0. The Morgan fingerprint density at radius 3 is 1.51 bits per heavy atom. The lowest BCUT2D eigenvalue weighted by Gasteiger charge is -2.42. The summed E-state index contributed by atoms with van der Waals surface area (Å²) in [5.74, 6) is -0.995. The second-order valence-electron chi connectivity index (χ2n) is 17.4. The maximum atomic E-state index is 13.0. The SMILES string of the molecule is CC/C=C/C=C/C=C/C=C/CCCCCC(=O)OC(COC(=O)CCCCCCC/C=C/C=C/CCCCCCCCC)CO[C@@H]1O[C@H](CO[C@@H]2O[C@H](CO)[C@H](O)C(O)C2O)[C@H](O)C(O)C1O. The van der Waals surface area contributed by atoms with Crippen LogP contribution >= 0.6 is 0 Å². The number of ether oxygens (including phenoxy) is 6. The lowest BCUT2D eigenvalue weighted by molar-refractivity contribution is -0.332. The standard InChI is InChI=1S/C52H86O15/c1-3-5-7-9-11-13-15-17-18-19-20-21-23-24-26-28-30-32-34-43(54)62-37-40(65-44(55)35-33-31-29-27-25-22-16-14-12-10-8-6-4-2)38-63-51-50(61)48(59)46(57)42(67-51)39-64-52-49(60)47(58)45(56)41(36-53)66-52/h6,8,10,12,14,16,18-22,25,40-42,45-53,56-61H,3-5,7,9,11,13,15,17,23-24,26-39H2,1-2H3/b8-6+,12-10+,16-14+,19-18+,21-20+,25-22+/t40?,41-,42-,45+,46+,47?,48?,49?,50?,51-,52-/m1/s1. The van der Waals surface area contributed by atoms with Gasteiger partial charge in [0.15, 0.2) is 18.7 Å². The van der Waals surface area contributed by atoms with E-state index in [0.29, 0.717) is 12.8 Å². The Morgan fingerprint density at radius 1 is 0.493 bits per heavy atom. The highest BCUT2D eigenvalue weighted by Crippen LogP contribution is 2.26. The second kappa shape index (κ2) is 38.8. The van der Waals surface area contributed by atoms with Gasteiger partial charge in [0, 0.05) is 12.8 Å². The molecule has 7 N–H and O–H groups in total. The number of rotatable bonds is 37. The van der Waals surface area contributed by atoms with Gasteiger partial charge in [-0.2, -0.15) is 0 Å². The zero-order valence-corrected chi connectivity index (χ0v) is 40.4. The molecule has 5 unspecified atom stereocenters. The van der Waals surface area contributed by atoms with E-state index >= 15 is 0 Å². The molecule has 0 bridgehead atoms. The molecule has 0 spiro atoms. The minimum Gasteiger partial charge on any atom is -0.462 e. The van der Waals surface area contributed by atoms with Crippen molar-refractivity contribution in [1.82, 2.24) is 0 Å². The Morgan fingerprint density at radius 2 is 0.940 bits per heavy atom. The number of allylic oxidation sites excluding steroid dienone is 12. The van der Waals surface area contributed by atoms with Crippen LogP contribution in [-0.4, -0.2) is 142 Å². The fourth-order valence-corrected chi connectivity index (χ4v) is 7.39.